The first-order valence-corrected chi connectivity index (χ1v) is 16.6. The second-order valence-electron chi connectivity index (χ2n) is 12.7. The highest BCUT2D eigenvalue weighted by Crippen LogP contribution is 2.51. The molecule has 0 atom stereocenters. The van der Waals surface area contributed by atoms with Crippen molar-refractivity contribution >= 4 is 28.8 Å². The molecule has 2 heterocycles. The first kappa shape index (κ1) is 35.4. The Labute approximate surface area is 298 Å². The third-order valence-corrected chi connectivity index (χ3v) is 9.43. The zero-order valence-corrected chi connectivity index (χ0v) is 27.8. The van der Waals surface area contributed by atoms with Crippen LogP contribution < -0.4 is 10.6 Å². The summed E-state index contributed by atoms with van der Waals surface area (Å²) in [5, 5.41) is 4.90. The summed E-state index contributed by atoms with van der Waals surface area (Å²) in [4.78, 5) is 40.3. The lowest BCUT2D eigenvalue weighted by Crippen LogP contribution is -2.47. The van der Waals surface area contributed by atoms with Crippen LogP contribution in [-0.4, -0.2) is 44.1 Å². The van der Waals surface area contributed by atoms with Gasteiger partial charge >= 0.3 is 12.4 Å². The van der Waals surface area contributed by atoms with Crippen LogP contribution in [0.15, 0.2) is 110 Å². The lowest BCUT2D eigenvalue weighted by atomic mass is 9.73. The van der Waals surface area contributed by atoms with Crippen LogP contribution >= 0.6 is 0 Å². The average molecular weight is 729 g/mol. The number of benzene rings is 4. The number of nitrogens with zero attached hydrogens (tertiary/aromatic N) is 4. The van der Waals surface area contributed by atoms with E-state index in [1.54, 1.807) is 53.1 Å². The van der Waals surface area contributed by atoms with Gasteiger partial charge in [-0.2, -0.15) is 26.3 Å². The van der Waals surface area contributed by atoms with Crippen molar-refractivity contribution in [2.45, 2.75) is 43.6 Å². The Morgan fingerprint density at radius 1 is 0.717 bits per heavy atom. The number of rotatable bonds is 10. The third-order valence-electron chi connectivity index (χ3n) is 9.43. The molecular weight excluding hydrogens is 698 g/mol. The Kier molecular flexibility index (Phi) is 9.22. The monoisotopic (exact) mass is 728 g/mol. The minimum Gasteiger partial charge on any atom is -0.346 e. The highest BCUT2D eigenvalue weighted by atomic mass is 19.4. The zero-order valence-electron chi connectivity index (χ0n) is 27.8. The SMILES string of the molecule is O=C(Nc1ncnc2c1ncn2CCCCC1(C(=O)NCC(F)(F)F)c2ccccc2-c2ccccc21)c1ccccc1-c1ccc(C(F)(F)F)cc1. The van der Waals surface area contributed by atoms with Crippen LogP contribution in [0.1, 0.15) is 46.3 Å². The van der Waals surface area contributed by atoms with Gasteiger partial charge in [0, 0.05) is 12.1 Å². The smallest absolute Gasteiger partial charge is 0.346 e. The van der Waals surface area contributed by atoms with E-state index >= 15 is 0 Å². The minimum absolute atomic E-state index is 0.125. The number of alkyl halides is 6. The lowest BCUT2D eigenvalue weighted by molar-refractivity contribution is -0.141. The molecule has 0 fully saturated rings. The predicted molar refractivity (Wildman–Crippen MR) is 186 cm³/mol. The van der Waals surface area contributed by atoms with E-state index in [2.05, 4.69) is 25.6 Å². The number of anilines is 1. The molecule has 0 spiro atoms. The van der Waals surface area contributed by atoms with E-state index in [0.29, 0.717) is 52.8 Å². The van der Waals surface area contributed by atoms with Crippen LogP contribution in [0.4, 0.5) is 32.2 Å². The molecule has 0 saturated carbocycles. The number of unbranched alkanes of at least 4 members (excludes halogenated alkanes) is 1. The second kappa shape index (κ2) is 13.8. The number of aryl methyl sites for hydroxylation is 1. The summed E-state index contributed by atoms with van der Waals surface area (Å²) in [6, 6.07) is 25.6. The lowest BCUT2D eigenvalue weighted by Gasteiger charge is -2.31. The summed E-state index contributed by atoms with van der Waals surface area (Å²) in [5.41, 5.74) is 2.56. The summed E-state index contributed by atoms with van der Waals surface area (Å²) in [6.45, 7) is -1.06. The molecule has 1 aliphatic rings. The fourth-order valence-electron chi connectivity index (χ4n) is 7.04. The van der Waals surface area contributed by atoms with Crippen LogP contribution in [0.3, 0.4) is 0 Å². The maximum atomic E-state index is 13.8. The Morgan fingerprint density at radius 3 is 1.98 bits per heavy atom. The van der Waals surface area contributed by atoms with Crippen molar-refractivity contribution < 1.29 is 35.9 Å². The van der Waals surface area contributed by atoms with Gasteiger partial charge in [0.05, 0.1) is 11.9 Å². The molecule has 0 bridgehead atoms. The van der Waals surface area contributed by atoms with E-state index in [-0.39, 0.29) is 17.8 Å². The van der Waals surface area contributed by atoms with Crippen LogP contribution in [-0.2, 0) is 22.9 Å². The normalized spacial score (nSPS) is 13.4. The summed E-state index contributed by atoms with van der Waals surface area (Å²) in [6.07, 6.45) is -5.06. The van der Waals surface area contributed by atoms with Gasteiger partial charge in [0.25, 0.3) is 5.91 Å². The van der Waals surface area contributed by atoms with Crippen molar-refractivity contribution in [1.82, 2.24) is 24.8 Å². The van der Waals surface area contributed by atoms with Crippen molar-refractivity contribution in [3.05, 3.63) is 132 Å². The average Bonchev–Trinajstić information content (AvgIpc) is 3.70. The Morgan fingerprint density at radius 2 is 1.34 bits per heavy atom. The summed E-state index contributed by atoms with van der Waals surface area (Å²) < 4.78 is 80.8. The molecule has 8 nitrogen and oxygen atoms in total. The second-order valence-corrected chi connectivity index (χ2v) is 12.7. The number of amides is 2. The highest BCUT2D eigenvalue weighted by molar-refractivity contribution is 6.10. The molecule has 53 heavy (non-hydrogen) atoms. The quantitative estimate of drug-likeness (QED) is 0.109. The maximum absolute atomic E-state index is 13.8. The van der Waals surface area contributed by atoms with Gasteiger partial charge in [-0.3, -0.25) is 9.59 Å². The largest absolute Gasteiger partial charge is 0.416 e. The van der Waals surface area contributed by atoms with Crippen LogP contribution in [0.5, 0.6) is 0 Å². The van der Waals surface area contributed by atoms with Crippen LogP contribution in [0.2, 0.25) is 0 Å². The molecule has 0 aliphatic heterocycles. The van der Waals surface area contributed by atoms with E-state index in [9.17, 15) is 35.9 Å². The molecule has 4 aromatic carbocycles. The van der Waals surface area contributed by atoms with Gasteiger partial charge in [0.1, 0.15) is 18.3 Å². The van der Waals surface area contributed by atoms with Gasteiger partial charge in [-0.05, 0) is 70.8 Å². The fraction of sp³-hybridized carbons (Fsp3) is 0.205. The van der Waals surface area contributed by atoms with Gasteiger partial charge in [-0.1, -0.05) is 78.9 Å². The molecule has 6 aromatic rings. The van der Waals surface area contributed by atoms with Crippen molar-refractivity contribution in [3.8, 4) is 22.3 Å². The number of carbonyl (C=O) groups excluding carboxylic acids is 2. The number of hydrogen-bond acceptors (Lipinski definition) is 5. The zero-order chi connectivity index (χ0) is 37.4. The topological polar surface area (TPSA) is 102 Å². The molecule has 0 saturated heterocycles. The number of nitrogens with one attached hydrogen (secondary N) is 2. The van der Waals surface area contributed by atoms with E-state index in [0.717, 1.165) is 23.3 Å². The van der Waals surface area contributed by atoms with Gasteiger partial charge in [0.15, 0.2) is 17.0 Å². The van der Waals surface area contributed by atoms with Crippen molar-refractivity contribution in [2.75, 3.05) is 11.9 Å². The first-order chi connectivity index (χ1) is 25.4. The highest BCUT2D eigenvalue weighted by Gasteiger charge is 2.49. The summed E-state index contributed by atoms with van der Waals surface area (Å²) in [7, 11) is 0. The molecule has 2 aromatic heterocycles. The van der Waals surface area contributed by atoms with E-state index in [4.69, 9.17) is 0 Å². The summed E-state index contributed by atoms with van der Waals surface area (Å²) in [5.74, 6) is -1.14. The third kappa shape index (κ3) is 6.84. The van der Waals surface area contributed by atoms with E-state index < -0.39 is 41.7 Å². The molecule has 14 heteroatoms. The molecule has 7 rings (SSSR count). The Bertz CT molecular complexity index is 2270. The Balaban J connectivity index is 1.09. The van der Waals surface area contributed by atoms with E-state index in [1.165, 1.54) is 24.8 Å². The molecular formula is C39H30F6N6O2. The summed E-state index contributed by atoms with van der Waals surface area (Å²) >= 11 is 0. The number of halogens is 6. The van der Waals surface area contributed by atoms with Crippen molar-refractivity contribution in [2.24, 2.45) is 0 Å². The van der Waals surface area contributed by atoms with Crippen LogP contribution in [0.25, 0.3) is 33.4 Å². The van der Waals surface area contributed by atoms with Gasteiger partial charge in [-0.25, -0.2) is 15.0 Å². The molecule has 2 N–H and O–H groups in total. The molecule has 2 amide bonds. The minimum atomic E-state index is -4.58. The van der Waals surface area contributed by atoms with Crippen LogP contribution in [0, 0.1) is 0 Å². The predicted octanol–water partition coefficient (Wildman–Crippen LogP) is 8.58. The van der Waals surface area contributed by atoms with E-state index in [1.807, 2.05) is 24.3 Å². The first-order valence-electron chi connectivity index (χ1n) is 16.6. The number of aromatic nitrogens is 4. The van der Waals surface area contributed by atoms with Gasteiger partial charge in [0.2, 0.25) is 5.91 Å². The number of carbonyl (C=O) groups is 2. The number of imidazole rings is 1. The van der Waals surface area contributed by atoms with Crippen molar-refractivity contribution in [3.63, 3.8) is 0 Å². The van der Waals surface area contributed by atoms with Crippen molar-refractivity contribution in [1.29, 1.82) is 0 Å². The molecule has 0 radical (unpaired) electrons. The molecule has 1 aliphatic carbocycles. The maximum Gasteiger partial charge on any atom is 0.416 e. The Hall–Kier alpha value is -6.05. The number of fused-ring (bicyclic) bond motifs is 4. The van der Waals surface area contributed by atoms with Gasteiger partial charge in [-0.15, -0.1) is 0 Å². The fourth-order valence-corrected chi connectivity index (χ4v) is 7.04. The number of hydrogen-bond donors (Lipinski definition) is 2. The van der Waals surface area contributed by atoms with Gasteiger partial charge < -0.3 is 15.2 Å². The molecule has 270 valence electrons. The molecule has 0 unspecified atom stereocenters. The standard InChI is InChI=1S/C39H30F6N6O2/c40-38(41,42)21-46-36(53)37(30-13-5-3-10-27(30)28-11-4-6-14-31(28)37)19-7-8-20-51-23-49-32-33(47-22-48-34(32)51)50-35(52)29-12-2-1-9-26(29)24-15-17-25(18-16-24)39(43,44)45/h1-6,9-18,22-23H,7-8,19-21H2,(H,46,53)(H,47,48,50,52).